The van der Waals surface area contributed by atoms with Crippen molar-refractivity contribution in [3.63, 3.8) is 0 Å². The van der Waals surface area contributed by atoms with Gasteiger partial charge in [-0.2, -0.15) is 5.10 Å². The fraction of sp³-hybridized carbons (Fsp3) is 0.182. The Labute approximate surface area is 168 Å². The van der Waals surface area contributed by atoms with E-state index in [2.05, 4.69) is 5.10 Å². The Kier molecular flexibility index (Phi) is 6.26. The average Bonchev–Trinajstić information content (AvgIpc) is 2.95. The molecule has 4 nitrogen and oxygen atoms in total. The zero-order chi connectivity index (χ0) is 20.1. The molecule has 1 amide bonds. The summed E-state index contributed by atoms with van der Waals surface area (Å²) in [4.78, 5) is 13.8. The number of hydrogen-bond acceptors (Lipinski definition) is 2. The lowest BCUT2D eigenvalue weighted by atomic mass is 10.2. The van der Waals surface area contributed by atoms with Crippen LogP contribution < -0.4 is 0 Å². The van der Waals surface area contributed by atoms with Gasteiger partial charge >= 0.3 is 0 Å². The molecule has 1 heterocycles. The number of hydrogen-bond donors (Lipinski definition) is 0. The lowest BCUT2D eigenvalue weighted by molar-refractivity contribution is -0.125. The highest BCUT2D eigenvalue weighted by Crippen LogP contribution is 2.22. The molecule has 0 aliphatic heterocycles. The smallest absolute Gasteiger partial charge is 0.246 e. The number of amides is 1. The summed E-state index contributed by atoms with van der Waals surface area (Å²) in [6.07, 6.45) is 3.09. The number of rotatable bonds is 6. The normalized spacial score (nSPS) is 11.1. The Balaban J connectivity index is 1.71. The molecule has 0 fully saturated rings. The maximum Gasteiger partial charge on any atom is 0.246 e. The second-order valence-electron chi connectivity index (χ2n) is 6.55. The maximum absolute atomic E-state index is 13.8. The van der Waals surface area contributed by atoms with Crippen LogP contribution in [0.2, 0.25) is 5.15 Å². The van der Waals surface area contributed by atoms with Crippen molar-refractivity contribution in [2.24, 2.45) is 0 Å². The number of likely N-dealkylation sites (N-methyl/N-ethyl adjacent to an activating group) is 1. The predicted octanol–water partition coefficient (Wildman–Crippen LogP) is 4.70. The van der Waals surface area contributed by atoms with Crippen molar-refractivity contribution in [1.29, 1.82) is 0 Å². The van der Waals surface area contributed by atoms with Gasteiger partial charge in [0.05, 0.1) is 12.2 Å². The first-order valence-corrected chi connectivity index (χ1v) is 9.27. The van der Waals surface area contributed by atoms with Crippen LogP contribution in [0, 0.1) is 12.7 Å². The molecule has 0 spiro atoms. The summed E-state index contributed by atoms with van der Waals surface area (Å²) in [7, 11) is 1.63. The van der Waals surface area contributed by atoms with Crippen LogP contribution >= 0.6 is 11.6 Å². The SMILES string of the molecule is Cc1nn(Cc2ccccc2)c(Cl)c1/C=C/C(=O)N(C)Cc1ccccc1F. The second kappa shape index (κ2) is 8.85. The summed E-state index contributed by atoms with van der Waals surface area (Å²) in [5, 5.41) is 4.94. The Bertz CT molecular complexity index is 998. The predicted molar refractivity (Wildman–Crippen MR) is 109 cm³/mol. The van der Waals surface area contributed by atoms with Crippen molar-refractivity contribution in [1.82, 2.24) is 14.7 Å². The van der Waals surface area contributed by atoms with E-state index in [9.17, 15) is 9.18 Å². The molecule has 2 aromatic carbocycles. The van der Waals surface area contributed by atoms with E-state index >= 15 is 0 Å². The quantitative estimate of drug-likeness (QED) is 0.565. The zero-order valence-electron chi connectivity index (χ0n) is 15.8. The van der Waals surface area contributed by atoms with Crippen LogP contribution in [0.15, 0.2) is 60.7 Å². The van der Waals surface area contributed by atoms with E-state index in [0.717, 1.165) is 11.3 Å². The van der Waals surface area contributed by atoms with Crippen LogP contribution in [0.5, 0.6) is 0 Å². The molecule has 1 aromatic heterocycles. The minimum absolute atomic E-state index is 0.190. The lowest BCUT2D eigenvalue weighted by Crippen LogP contribution is -2.24. The third kappa shape index (κ3) is 4.67. The van der Waals surface area contributed by atoms with Crippen LogP contribution in [0.1, 0.15) is 22.4 Å². The van der Waals surface area contributed by atoms with Crippen molar-refractivity contribution in [3.8, 4) is 0 Å². The molecule has 3 rings (SSSR count). The third-order valence-electron chi connectivity index (χ3n) is 4.42. The van der Waals surface area contributed by atoms with Gasteiger partial charge in [-0.15, -0.1) is 0 Å². The molecule has 0 atom stereocenters. The number of aromatic nitrogens is 2. The molecule has 0 radical (unpaired) electrons. The lowest BCUT2D eigenvalue weighted by Gasteiger charge is -2.15. The molecule has 28 heavy (non-hydrogen) atoms. The number of aryl methyl sites for hydroxylation is 1. The summed E-state index contributed by atoms with van der Waals surface area (Å²) < 4.78 is 15.5. The molecule has 0 unspecified atom stereocenters. The first-order valence-electron chi connectivity index (χ1n) is 8.89. The van der Waals surface area contributed by atoms with Crippen molar-refractivity contribution in [2.75, 3.05) is 7.05 Å². The second-order valence-corrected chi connectivity index (χ2v) is 6.91. The van der Waals surface area contributed by atoms with Crippen molar-refractivity contribution in [3.05, 3.63) is 94.0 Å². The molecule has 144 valence electrons. The standard InChI is InChI=1S/C22H21ClFN3O/c1-16-19(22(23)27(25-16)14-17-8-4-3-5-9-17)12-13-21(28)26(2)15-18-10-6-7-11-20(18)24/h3-13H,14-15H2,1-2H3/b13-12+. The van der Waals surface area contributed by atoms with E-state index in [1.807, 2.05) is 37.3 Å². The number of benzene rings is 2. The monoisotopic (exact) mass is 397 g/mol. The van der Waals surface area contributed by atoms with Crippen LogP contribution in [-0.4, -0.2) is 27.6 Å². The zero-order valence-corrected chi connectivity index (χ0v) is 16.5. The van der Waals surface area contributed by atoms with Crippen LogP contribution in [0.3, 0.4) is 0 Å². The Morgan fingerprint density at radius 1 is 1.18 bits per heavy atom. The van der Waals surface area contributed by atoms with Gasteiger partial charge in [0.2, 0.25) is 5.91 Å². The third-order valence-corrected chi connectivity index (χ3v) is 4.82. The minimum Gasteiger partial charge on any atom is -0.338 e. The van der Waals surface area contributed by atoms with Gasteiger partial charge in [0, 0.05) is 30.8 Å². The first kappa shape index (κ1) is 19.8. The largest absolute Gasteiger partial charge is 0.338 e. The molecule has 0 saturated carbocycles. The highest BCUT2D eigenvalue weighted by Gasteiger charge is 2.13. The van der Waals surface area contributed by atoms with E-state index in [4.69, 9.17) is 11.6 Å². The molecule has 0 N–H and O–H groups in total. The van der Waals surface area contributed by atoms with Gasteiger partial charge in [-0.05, 0) is 24.6 Å². The fourth-order valence-electron chi connectivity index (χ4n) is 2.86. The van der Waals surface area contributed by atoms with E-state index in [1.165, 1.54) is 17.0 Å². The van der Waals surface area contributed by atoms with Gasteiger partial charge in [-0.1, -0.05) is 60.1 Å². The van der Waals surface area contributed by atoms with Gasteiger partial charge in [-0.3, -0.25) is 4.79 Å². The Morgan fingerprint density at radius 2 is 1.86 bits per heavy atom. The van der Waals surface area contributed by atoms with Crippen LogP contribution in [-0.2, 0) is 17.9 Å². The highest BCUT2D eigenvalue weighted by molar-refractivity contribution is 6.31. The summed E-state index contributed by atoms with van der Waals surface area (Å²) in [5.41, 5.74) is 2.99. The van der Waals surface area contributed by atoms with Crippen LogP contribution in [0.4, 0.5) is 4.39 Å². The summed E-state index contributed by atoms with van der Waals surface area (Å²) in [6, 6.07) is 16.3. The molecule has 0 bridgehead atoms. The number of nitrogens with zero attached hydrogens (tertiary/aromatic N) is 3. The molecule has 0 aliphatic carbocycles. The summed E-state index contributed by atoms with van der Waals surface area (Å²) >= 11 is 6.47. The molecule has 3 aromatic rings. The molecule has 6 heteroatoms. The average molecular weight is 398 g/mol. The fourth-order valence-corrected chi connectivity index (χ4v) is 3.16. The minimum atomic E-state index is -0.327. The number of carbonyl (C=O) groups excluding carboxylic acids is 1. The van der Waals surface area contributed by atoms with Gasteiger partial charge in [0.15, 0.2) is 0 Å². The Morgan fingerprint density at radius 3 is 2.57 bits per heavy atom. The van der Waals surface area contributed by atoms with E-state index in [0.29, 0.717) is 22.8 Å². The molecule has 0 aliphatic rings. The van der Waals surface area contributed by atoms with Crippen molar-refractivity contribution < 1.29 is 9.18 Å². The maximum atomic E-state index is 13.8. The Hall–Kier alpha value is -2.92. The van der Waals surface area contributed by atoms with Gasteiger partial charge in [0.1, 0.15) is 11.0 Å². The highest BCUT2D eigenvalue weighted by atomic mass is 35.5. The topological polar surface area (TPSA) is 38.1 Å². The molecular weight excluding hydrogens is 377 g/mol. The van der Waals surface area contributed by atoms with Crippen LogP contribution in [0.25, 0.3) is 6.08 Å². The van der Waals surface area contributed by atoms with Crippen molar-refractivity contribution >= 4 is 23.6 Å². The van der Waals surface area contributed by atoms with Gasteiger partial charge in [0.25, 0.3) is 0 Å². The summed E-state index contributed by atoms with van der Waals surface area (Å²) in [6.45, 7) is 2.59. The van der Waals surface area contributed by atoms with E-state index in [-0.39, 0.29) is 18.3 Å². The number of carbonyl (C=O) groups is 1. The first-order chi connectivity index (χ1) is 13.5. The van der Waals surface area contributed by atoms with E-state index < -0.39 is 0 Å². The van der Waals surface area contributed by atoms with Gasteiger partial charge < -0.3 is 4.90 Å². The molecule has 0 saturated heterocycles. The van der Waals surface area contributed by atoms with Crippen molar-refractivity contribution in [2.45, 2.75) is 20.0 Å². The number of halogens is 2. The van der Waals surface area contributed by atoms with E-state index in [1.54, 1.807) is 36.0 Å². The van der Waals surface area contributed by atoms with Gasteiger partial charge in [-0.25, -0.2) is 9.07 Å². The summed E-state index contributed by atoms with van der Waals surface area (Å²) in [5.74, 6) is -0.568. The molecular formula is C22H21ClFN3O.